The highest BCUT2D eigenvalue weighted by Crippen LogP contribution is 2.30. The molecule has 1 fully saturated rings. The van der Waals surface area contributed by atoms with Crippen LogP contribution in [0.4, 0.5) is 10.8 Å². The topological polar surface area (TPSA) is 47.0 Å². The van der Waals surface area contributed by atoms with E-state index in [2.05, 4.69) is 34.6 Å². The molecule has 1 atom stereocenters. The van der Waals surface area contributed by atoms with Gasteiger partial charge in [-0.15, -0.1) is 10.2 Å². The molecule has 1 aliphatic rings. The van der Waals surface area contributed by atoms with E-state index in [0.717, 1.165) is 27.5 Å². The van der Waals surface area contributed by atoms with E-state index < -0.39 is 0 Å². The van der Waals surface area contributed by atoms with Gasteiger partial charge in [0.25, 0.3) is 0 Å². The Labute approximate surface area is 127 Å². The number of hydrogen-bond acceptors (Lipinski definition) is 6. The Kier molecular flexibility index (Phi) is 4.54. The average molecular weight is 307 g/mol. The number of ether oxygens (including phenoxy) is 1. The number of hydrogen-bond donors (Lipinski definition) is 1. The smallest absolute Gasteiger partial charge is 0.210 e. The Hall–Kier alpha value is -1.11. The molecule has 4 nitrogen and oxygen atoms in total. The first-order valence-corrected chi connectivity index (χ1v) is 8.52. The molecule has 6 heteroatoms. The van der Waals surface area contributed by atoms with Crippen molar-refractivity contribution in [1.29, 1.82) is 0 Å². The SMILES string of the molecule is Cc1ccccc1Nc1nnc(SC[C@H]2CCCO2)s1. The van der Waals surface area contributed by atoms with E-state index in [-0.39, 0.29) is 0 Å². The van der Waals surface area contributed by atoms with Crippen LogP contribution in [0, 0.1) is 6.92 Å². The molecule has 1 aromatic carbocycles. The van der Waals surface area contributed by atoms with Crippen molar-refractivity contribution in [2.75, 3.05) is 17.7 Å². The van der Waals surface area contributed by atoms with Crippen LogP contribution < -0.4 is 5.32 Å². The molecule has 3 rings (SSSR count). The molecule has 0 saturated carbocycles. The first kappa shape index (κ1) is 13.9. The molecule has 0 spiro atoms. The van der Waals surface area contributed by atoms with E-state index in [4.69, 9.17) is 4.74 Å². The Morgan fingerprint density at radius 1 is 1.40 bits per heavy atom. The minimum absolute atomic E-state index is 0.386. The van der Waals surface area contributed by atoms with Crippen molar-refractivity contribution in [3.05, 3.63) is 29.8 Å². The third kappa shape index (κ3) is 3.50. The van der Waals surface area contributed by atoms with Crippen molar-refractivity contribution in [2.24, 2.45) is 0 Å². The van der Waals surface area contributed by atoms with E-state index in [9.17, 15) is 0 Å². The lowest BCUT2D eigenvalue weighted by Crippen LogP contribution is -2.07. The summed E-state index contributed by atoms with van der Waals surface area (Å²) in [5.74, 6) is 0.971. The molecule has 2 heterocycles. The van der Waals surface area contributed by atoms with Gasteiger partial charge in [0, 0.05) is 18.0 Å². The lowest BCUT2D eigenvalue weighted by Gasteiger charge is -2.06. The summed E-state index contributed by atoms with van der Waals surface area (Å²) in [6.45, 7) is 2.98. The molecule has 20 heavy (non-hydrogen) atoms. The van der Waals surface area contributed by atoms with Crippen LogP contribution in [0.25, 0.3) is 0 Å². The summed E-state index contributed by atoms with van der Waals surface area (Å²) >= 11 is 3.33. The average Bonchev–Trinajstić information content (AvgIpc) is 3.10. The van der Waals surface area contributed by atoms with Gasteiger partial charge < -0.3 is 10.1 Å². The first-order chi connectivity index (χ1) is 9.81. The van der Waals surface area contributed by atoms with Crippen LogP contribution in [0.15, 0.2) is 28.6 Å². The molecule has 1 aliphatic heterocycles. The highest BCUT2D eigenvalue weighted by molar-refractivity contribution is 8.01. The first-order valence-electron chi connectivity index (χ1n) is 6.72. The second-order valence-corrected chi connectivity index (χ2v) is 7.00. The summed E-state index contributed by atoms with van der Waals surface area (Å²) in [7, 11) is 0. The van der Waals surface area contributed by atoms with Crippen molar-refractivity contribution in [3.8, 4) is 0 Å². The van der Waals surface area contributed by atoms with Crippen LogP contribution in [0.1, 0.15) is 18.4 Å². The quantitative estimate of drug-likeness (QED) is 0.850. The van der Waals surface area contributed by atoms with Crippen LogP contribution in [-0.2, 0) is 4.74 Å². The largest absolute Gasteiger partial charge is 0.377 e. The summed E-state index contributed by atoms with van der Waals surface area (Å²) in [5.41, 5.74) is 2.29. The normalized spacial score (nSPS) is 18.4. The standard InChI is InChI=1S/C14H17N3OS2/c1-10-5-2-3-7-12(10)15-13-16-17-14(20-13)19-9-11-6-4-8-18-11/h2-3,5,7,11H,4,6,8-9H2,1H3,(H,15,16)/t11-/m1/s1. The van der Waals surface area contributed by atoms with Crippen molar-refractivity contribution >= 4 is 33.9 Å². The molecule has 1 aromatic heterocycles. The molecular weight excluding hydrogens is 290 g/mol. The fraction of sp³-hybridized carbons (Fsp3) is 0.429. The predicted molar refractivity (Wildman–Crippen MR) is 84.1 cm³/mol. The maximum Gasteiger partial charge on any atom is 0.210 e. The van der Waals surface area contributed by atoms with Gasteiger partial charge in [0.05, 0.1) is 6.10 Å². The van der Waals surface area contributed by atoms with Crippen molar-refractivity contribution in [2.45, 2.75) is 30.2 Å². The van der Waals surface area contributed by atoms with Crippen LogP contribution in [-0.4, -0.2) is 28.7 Å². The van der Waals surface area contributed by atoms with Gasteiger partial charge in [-0.1, -0.05) is 41.3 Å². The molecular formula is C14H17N3OS2. The molecule has 0 radical (unpaired) electrons. The van der Waals surface area contributed by atoms with Crippen molar-refractivity contribution in [3.63, 3.8) is 0 Å². The zero-order valence-corrected chi connectivity index (χ0v) is 13.0. The van der Waals surface area contributed by atoms with Crippen LogP contribution >= 0.6 is 23.1 Å². The van der Waals surface area contributed by atoms with Gasteiger partial charge in [0.1, 0.15) is 0 Å². The zero-order chi connectivity index (χ0) is 13.8. The monoisotopic (exact) mass is 307 g/mol. The number of nitrogens with zero attached hydrogens (tertiary/aromatic N) is 2. The summed E-state index contributed by atoms with van der Waals surface area (Å²) in [5, 5.41) is 12.6. The Balaban J connectivity index is 1.57. The fourth-order valence-corrected chi connectivity index (χ4v) is 3.94. The summed E-state index contributed by atoms with van der Waals surface area (Å²) in [6, 6.07) is 8.18. The second kappa shape index (κ2) is 6.56. The number of rotatable bonds is 5. The van der Waals surface area contributed by atoms with E-state index >= 15 is 0 Å². The molecule has 0 bridgehead atoms. The fourth-order valence-electron chi connectivity index (χ4n) is 2.09. The zero-order valence-electron chi connectivity index (χ0n) is 11.3. The van der Waals surface area contributed by atoms with E-state index in [1.807, 2.05) is 12.1 Å². The molecule has 2 aromatic rings. The Morgan fingerprint density at radius 2 is 2.30 bits per heavy atom. The van der Waals surface area contributed by atoms with Crippen LogP contribution in [0.3, 0.4) is 0 Å². The molecule has 0 aliphatic carbocycles. The van der Waals surface area contributed by atoms with Gasteiger partial charge in [-0.2, -0.15) is 0 Å². The van der Waals surface area contributed by atoms with E-state index in [1.54, 1.807) is 23.1 Å². The summed E-state index contributed by atoms with van der Waals surface area (Å²) < 4.78 is 6.61. The van der Waals surface area contributed by atoms with Crippen LogP contribution in [0.5, 0.6) is 0 Å². The highest BCUT2D eigenvalue weighted by Gasteiger charge is 2.16. The Bertz CT molecular complexity index is 567. The van der Waals surface area contributed by atoms with E-state index in [1.165, 1.54) is 18.4 Å². The molecule has 1 N–H and O–H groups in total. The summed E-state index contributed by atoms with van der Waals surface area (Å²) in [6.07, 6.45) is 2.73. The van der Waals surface area contributed by atoms with Gasteiger partial charge in [0.15, 0.2) is 4.34 Å². The van der Waals surface area contributed by atoms with Gasteiger partial charge in [0.2, 0.25) is 5.13 Å². The molecule has 0 unspecified atom stereocenters. The number of nitrogens with one attached hydrogen (secondary N) is 1. The number of para-hydroxylation sites is 1. The number of benzene rings is 1. The van der Waals surface area contributed by atoms with Gasteiger partial charge in [-0.3, -0.25) is 0 Å². The number of aromatic nitrogens is 2. The minimum atomic E-state index is 0.386. The molecule has 106 valence electrons. The van der Waals surface area contributed by atoms with Crippen molar-refractivity contribution in [1.82, 2.24) is 10.2 Å². The lowest BCUT2D eigenvalue weighted by molar-refractivity contribution is 0.129. The number of anilines is 2. The number of aryl methyl sites for hydroxylation is 1. The maximum atomic E-state index is 5.61. The Morgan fingerprint density at radius 3 is 3.10 bits per heavy atom. The lowest BCUT2D eigenvalue weighted by atomic mass is 10.2. The molecule has 1 saturated heterocycles. The third-order valence-corrected chi connectivity index (χ3v) is 5.31. The second-order valence-electron chi connectivity index (χ2n) is 4.76. The predicted octanol–water partition coefficient (Wildman–Crippen LogP) is 3.86. The van der Waals surface area contributed by atoms with Gasteiger partial charge in [-0.25, -0.2) is 0 Å². The minimum Gasteiger partial charge on any atom is -0.377 e. The molecule has 0 amide bonds. The summed E-state index contributed by atoms with van der Waals surface area (Å²) in [4.78, 5) is 0. The van der Waals surface area contributed by atoms with Crippen molar-refractivity contribution < 1.29 is 4.74 Å². The van der Waals surface area contributed by atoms with Gasteiger partial charge in [-0.05, 0) is 31.4 Å². The highest BCUT2D eigenvalue weighted by atomic mass is 32.2. The van der Waals surface area contributed by atoms with Gasteiger partial charge >= 0.3 is 0 Å². The maximum absolute atomic E-state index is 5.61. The van der Waals surface area contributed by atoms with E-state index in [0.29, 0.717) is 6.10 Å². The number of thioether (sulfide) groups is 1. The third-order valence-electron chi connectivity index (χ3n) is 3.21. The van der Waals surface area contributed by atoms with Crippen LogP contribution in [0.2, 0.25) is 0 Å².